The Morgan fingerprint density at radius 1 is 1.50 bits per heavy atom. The lowest BCUT2D eigenvalue weighted by Gasteiger charge is -2.21. The molecule has 7 nitrogen and oxygen atoms in total. The SMILES string of the molecule is CC1(c2nc(-c3ccncn3)no2)COCC1N. The third kappa shape index (κ3) is 1.68. The van der Waals surface area contributed by atoms with E-state index in [-0.39, 0.29) is 6.04 Å². The van der Waals surface area contributed by atoms with Crippen molar-refractivity contribution in [1.82, 2.24) is 20.1 Å². The molecule has 7 heteroatoms. The molecule has 2 N–H and O–H groups in total. The van der Waals surface area contributed by atoms with Crippen molar-refractivity contribution >= 4 is 0 Å². The first-order valence-corrected chi connectivity index (χ1v) is 5.64. The van der Waals surface area contributed by atoms with Crippen LogP contribution in [0.4, 0.5) is 0 Å². The van der Waals surface area contributed by atoms with Gasteiger partial charge < -0.3 is 15.0 Å². The highest BCUT2D eigenvalue weighted by molar-refractivity contribution is 5.46. The maximum absolute atomic E-state index is 6.01. The molecule has 0 saturated carbocycles. The van der Waals surface area contributed by atoms with Crippen LogP contribution in [0.25, 0.3) is 11.5 Å². The largest absolute Gasteiger partial charge is 0.379 e. The van der Waals surface area contributed by atoms with E-state index in [1.165, 1.54) is 6.33 Å². The molecule has 0 bridgehead atoms. The zero-order chi connectivity index (χ0) is 12.6. The van der Waals surface area contributed by atoms with Crippen molar-refractivity contribution in [3.63, 3.8) is 0 Å². The summed E-state index contributed by atoms with van der Waals surface area (Å²) in [5, 5.41) is 3.92. The first-order valence-electron chi connectivity index (χ1n) is 5.64. The summed E-state index contributed by atoms with van der Waals surface area (Å²) >= 11 is 0. The fourth-order valence-electron chi connectivity index (χ4n) is 1.89. The first kappa shape index (κ1) is 11.2. The van der Waals surface area contributed by atoms with Crippen molar-refractivity contribution < 1.29 is 9.26 Å². The predicted molar refractivity (Wildman–Crippen MR) is 61.5 cm³/mol. The van der Waals surface area contributed by atoms with Gasteiger partial charge in [-0.25, -0.2) is 9.97 Å². The molecule has 2 atom stereocenters. The van der Waals surface area contributed by atoms with Crippen LogP contribution in [-0.4, -0.2) is 39.4 Å². The molecule has 0 aliphatic carbocycles. The summed E-state index contributed by atoms with van der Waals surface area (Å²) in [6.45, 7) is 2.95. The van der Waals surface area contributed by atoms with E-state index in [1.54, 1.807) is 12.3 Å². The zero-order valence-corrected chi connectivity index (χ0v) is 9.91. The lowest BCUT2D eigenvalue weighted by atomic mass is 9.86. The molecule has 18 heavy (non-hydrogen) atoms. The second kappa shape index (κ2) is 4.11. The number of aromatic nitrogens is 4. The van der Waals surface area contributed by atoms with Gasteiger partial charge in [-0.3, -0.25) is 0 Å². The Morgan fingerprint density at radius 3 is 3.06 bits per heavy atom. The molecule has 1 aliphatic heterocycles. The van der Waals surface area contributed by atoms with Gasteiger partial charge >= 0.3 is 0 Å². The van der Waals surface area contributed by atoms with Gasteiger partial charge in [-0.1, -0.05) is 5.16 Å². The monoisotopic (exact) mass is 247 g/mol. The number of hydrogen-bond acceptors (Lipinski definition) is 7. The van der Waals surface area contributed by atoms with Crippen LogP contribution in [0.5, 0.6) is 0 Å². The van der Waals surface area contributed by atoms with Gasteiger partial charge in [0.25, 0.3) is 0 Å². The van der Waals surface area contributed by atoms with Gasteiger partial charge in [-0.15, -0.1) is 0 Å². The van der Waals surface area contributed by atoms with E-state index in [4.69, 9.17) is 15.0 Å². The molecular formula is C11H13N5O2. The maximum Gasteiger partial charge on any atom is 0.236 e. The van der Waals surface area contributed by atoms with Crippen LogP contribution in [0, 0.1) is 0 Å². The van der Waals surface area contributed by atoms with Gasteiger partial charge in [0.15, 0.2) is 0 Å². The topological polar surface area (TPSA) is 100.0 Å². The van der Waals surface area contributed by atoms with E-state index in [0.717, 1.165) is 0 Å². The van der Waals surface area contributed by atoms with Crippen molar-refractivity contribution in [2.75, 3.05) is 13.2 Å². The van der Waals surface area contributed by atoms with Gasteiger partial charge in [-0.2, -0.15) is 4.98 Å². The molecule has 2 aromatic heterocycles. The van der Waals surface area contributed by atoms with Crippen LogP contribution in [0.15, 0.2) is 23.1 Å². The van der Waals surface area contributed by atoms with Gasteiger partial charge in [0.2, 0.25) is 11.7 Å². The normalized spacial score (nSPS) is 27.6. The van der Waals surface area contributed by atoms with Crippen LogP contribution < -0.4 is 5.73 Å². The van der Waals surface area contributed by atoms with E-state index in [1.807, 2.05) is 6.92 Å². The standard InChI is InChI=1S/C11H13N5O2/c1-11(5-17-4-8(11)12)10-15-9(16-18-10)7-2-3-13-6-14-7/h2-3,6,8H,4-5,12H2,1H3. The Morgan fingerprint density at radius 2 is 2.39 bits per heavy atom. The highest BCUT2D eigenvalue weighted by Gasteiger charge is 2.44. The predicted octanol–water partition coefficient (Wildman–Crippen LogP) is 0.142. The molecule has 0 amide bonds. The smallest absolute Gasteiger partial charge is 0.236 e. The third-order valence-corrected chi connectivity index (χ3v) is 3.24. The summed E-state index contributed by atoms with van der Waals surface area (Å²) in [6, 6.07) is 1.58. The molecular weight excluding hydrogens is 234 g/mol. The van der Waals surface area contributed by atoms with Crippen LogP contribution in [0.3, 0.4) is 0 Å². The van der Waals surface area contributed by atoms with E-state index < -0.39 is 5.41 Å². The van der Waals surface area contributed by atoms with Crippen molar-refractivity contribution in [2.45, 2.75) is 18.4 Å². The van der Waals surface area contributed by atoms with Gasteiger partial charge in [0.1, 0.15) is 12.0 Å². The summed E-state index contributed by atoms with van der Waals surface area (Å²) in [7, 11) is 0. The van der Waals surface area contributed by atoms with E-state index >= 15 is 0 Å². The van der Waals surface area contributed by atoms with Crippen molar-refractivity contribution in [3.05, 3.63) is 24.5 Å². The Balaban J connectivity index is 1.95. The second-order valence-electron chi connectivity index (χ2n) is 4.56. The fraction of sp³-hybridized carbons (Fsp3) is 0.455. The average Bonchev–Trinajstić information content (AvgIpc) is 3.00. The summed E-state index contributed by atoms with van der Waals surface area (Å²) in [5.74, 6) is 0.925. The van der Waals surface area contributed by atoms with E-state index in [2.05, 4.69) is 20.1 Å². The maximum atomic E-state index is 6.01. The number of ether oxygens (including phenoxy) is 1. The number of hydrogen-bond donors (Lipinski definition) is 1. The molecule has 3 rings (SSSR count). The fourth-order valence-corrected chi connectivity index (χ4v) is 1.89. The average molecular weight is 247 g/mol. The minimum Gasteiger partial charge on any atom is -0.379 e. The van der Waals surface area contributed by atoms with Gasteiger partial charge in [0, 0.05) is 12.2 Å². The Labute approximate surface area is 103 Å². The highest BCUT2D eigenvalue weighted by Crippen LogP contribution is 2.31. The Bertz CT molecular complexity index is 543. The number of nitrogens with zero attached hydrogens (tertiary/aromatic N) is 4. The first-order chi connectivity index (χ1) is 8.70. The molecule has 2 aromatic rings. The van der Waals surface area contributed by atoms with Gasteiger partial charge in [0.05, 0.1) is 18.6 Å². The molecule has 94 valence electrons. The minimum absolute atomic E-state index is 0.142. The lowest BCUT2D eigenvalue weighted by Crippen LogP contribution is -2.42. The molecule has 1 fully saturated rings. The molecule has 3 heterocycles. The molecule has 1 saturated heterocycles. The van der Waals surface area contributed by atoms with E-state index in [0.29, 0.717) is 30.6 Å². The van der Waals surface area contributed by atoms with Crippen LogP contribution in [0.1, 0.15) is 12.8 Å². The van der Waals surface area contributed by atoms with Crippen molar-refractivity contribution in [3.8, 4) is 11.5 Å². The third-order valence-electron chi connectivity index (χ3n) is 3.24. The number of rotatable bonds is 2. The van der Waals surface area contributed by atoms with E-state index in [9.17, 15) is 0 Å². The quantitative estimate of drug-likeness (QED) is 0.805. The molecule has 0 spiro atoms. The van der Waals surface area contributed by atoms with Crippen LogP contribution in [-0.2, 0) is 10.2 Å². The molecule has 2 unspecified atom stereocenters. The Hall–Kier alpha value is -1.86. The van der Waals surface area contributed by atoms with Gasteiger partial charge in [-0.05, 0) is 13.0 Å². The van der Waals surface area contributed by atoms with Crippen LogP contribution in [0.2, 0.25) is 0 Å². The summed E-state index contributed by atoms with van der Waals surface area (Å²) in [4.78, 5) is 12.3. The minimum atomic E-state index is -0.432. The molecule has 0 aromatic carbocycles. The summed E-state index contributed by atoms with van der Waals surface area (Å²) in [5.41, 5.74) is 6.20. The molecule has 0 radical (unpaired) electrons. The Kier molecular flexibility index (Phi) is 2.57. The van der Waals surface area contributed by atoms with Crippen LogP contribution >= 0.6 is 0 Å². The van der Waals surface area contributed by atoms with Crippen molar-refractivity contribution in [1.29, 1.82) is 0 Å². The summed E-state index contributed by atoms with van der Waals surface area (Å²) < 4.78 is 10.7. The summed E-state index contributed by atoms with van der Waals surface area (Å²) in [6.07, 6.45) is 3.07. The lowest BCUT2D eigenvalue weighted by molar-refractivity contribution is 0.169. The highest BCUT2D eigenvalue weighted by atomic mass is 16.5. The second-order valence-corrected chi connectivity index (χ2v) is 4.56. The zero-order valence-electron chi connectivity index (χ0n) is 9.91. The number of nitrogens with two attached hydrogens (primary N) is 1. The van der Waals surface area contributed by atoms with Crippen molar-refractivity contribution in [2.24, 2.45) is 5.73 Å². The molecule has 1 aliphatic rings.